The molecule has 2 rings (SSSR count). The van der Waals surface area contributed by atoms with Crippen LogP contribution in [0.1, 0.15) is 15.9 Å². The van der Waals surface area contributed by atoms with Crippen molar-refractivity contribution in [2.45, 2.75) is 6.92 Å². The molecule has 0 aliphatic rings. The first kappa shape index (κ1) is 11.8. The second kappa shape index (κ2) is 5.10. The Balaban J connectivity index is 2.14. The Bertz CT molecular complexity index is 537. The number of aromatic nitrogens is 1. The van der Waals surface area contributed by atoms with Gasteiger partial charge in [-0.25, -0.2) is 4.98 Å². The molecule has 0 saturated carbocycles. The van der Waals surface area contributed by atoms with Gasteiger partial charge in [-0.05, 0) is 47.1 Å². The van der Waals surface area contributed by atoms with Crippen molar-refractivity contribution in [3.05, 3.63) is 58.3 Å². The number of nitrogens with zero attached hydrogens (tertiary/aromatic N) is 1. The first-order chi connectivity index (χ1) is 8.15. The highest BCUT2D eigenvalue weighted by Gasteiger charge is 2.05. The van der Waals surface area contributed by atoms with Crippen molar-refractivity contribution in [2.75, 3.05) is 5.32 Å². The number of rotatable bonds is 2. The summed E-state index contributed by atoms with van der Waals surface area (Å²) in [6.07, 6.45) is 1.61. The van der Waals surface area contributed by atoms with Gasteiger partial charge in [-0.15, -0.1) is 0 Å². The molecule has 0 unspecified atom stereocenters. The van der Waals surface area contributed by atoms with Crippen LogP contribution in [0, 0.1) is 6.92 Å². The van der Waals surface area contributed by atoms with Crippen molar-refractivity contribution in [3.63, 3.8) is 0 Å². The smallest absolute Gasteiger partial charge is 0.255 e. The number of carbonyl (C=O) groups is 1. The van der Waals surface area contributed by atoms with E-state index in [9.17, 15) is 4.79 Å². The normalized spacial score (nSPS) is 10.0. The fourth-order valence-corrected chi connectivity index (χ4v) is 1.67. The van der Waals surface area contributed by atoms with Gasteiger partial charge in [0, 0.05) is 5.56 Å². The van der Waals surface area contributed by atoms with Gasteiger partial charge in [-0.3, -0.25) is 4.79 Å². The van der Waals surface area contributed by atoms with Crippen LogP contribution >= 0.6 is 15.9 Å². The van der Waals surface area contributed by atoms with Crippen LogP contribution in [-0.4, -0.2) is 10.9 Å². The van der Waals surface area contributed by atoms with Crippen LogP contribution in [0.5, 0.6) is 0 Å². The predicted molar refractivity (Wildman–Crippen MR) is 71.1 cm³/mol. The summed E-state index contributed by atoms with van der Waals surface area (Å²) < 4.78 is 0.742. The SMILES string of the molecule is Cc1cccc(C(=O)Nc2ccc(Br)nc2)c1. The number of hydrogen-bond acceptors (Lipinski definition) is 2. The molecule has 1 aromatic heterocycles. The molecule has 0 aliphatic carbocycles. The first-order valence-corrected chi connectivity index (χ1v) is 5.94. The van der Waals surface area contributed by atoms with Gasteiger partial charge in [0.15, 0.2) is 0 Å². The quantitative estimate of drug-likeness (QED) is 0.862. The molecular formula is C13H11BrN2O. The monoisotopic (exact) mass is 290 g/mol. The summed E-state index contributed by atoms with van der Waals surface area (Å²) in [5.74, 6) is -0.127. The minimum atomic E-state index is -0.127. The van der Waals surface area contributed by atoms with Crippen LogP contribution in [0.4, 0.5) is 5.69 Å². The van der Waals surface area contributed by atoms with Crippen LogP contribution < -0.4 is 5.32 Å². The zero-order chi connectivity index (χ0) is 12.3. The van der Waals surface area contributed by atoms with E-state index in [2.05, 4.69) is 26.2 Å². The van der Waals surface area contributed by atoms with Crippen LogP contribution in [-0.2, 0) is 0 Å². The van der Waals surface area contributed by atoms with Gasteiger partial charge in [0.25, 0.3) is 5.91 Å². The van der Waals surface area contributed by atoms with Gasteiger partial charge in [-0.2, -0.15) is 0 Å². The highest BCUT2D eigenvalue weighted by molar-refractivity contribution is 9.10. The minimum absolute atomic E-state index is 0.127. The van der Waals surface area contributed by atoms with E-state index in [4.69, 9.17) is 0 Å². The summed E-state index contributed by atoms with van der Waals surface area (Å²) in [6.45, 7) is 1.96. The van der Waals surface area contributed by atoms with Crippen molar-refractivity contribution in [1.82, 2.24) is 4.98 Å². The van der Waals surface area contributed by atoms with E-state index in [-0.39, 0.29) is 5.91 Å². The second-order valence-corrected chi connectivity index (χ2v) is 4.51. The van der Waals surface area contributed by atoms with Gasteiger partial charge in [0.1, 0.15) is 4.60 Å². The van der Waals surface area contributed by atoms with E-state index in [0.717, 1.165) is 10.2 Å². The van der Waals surface area contributed by atoms with Crippen LogP contribution in [0.15, 0.2) is 47.2 Å². The Hall–Kier alpha value is -1.68. The number of aryl methyl sites for hydroxylation is 1. The van der Waals surface area contributed by atoms with Gasteiger partial charge in [-0.1, -0.05) is 17.7 Å². The first-order valence-electron chi connectivity index (χ1n) is 5.15. The Labute approximate surface area is 108 Å². The largest absolute Gasteiger partial charge is 0.321 e. The van der Waals surface area contributed by atoms with Gasteiger partial charge in [0.05, 0.1) is 11.9 Å². The van der Waals surface area contributed by atoms with Crippen molar-refractivity contribution >= 4 is 27.5 Å². The number of benzene rings is 1. The number of carbonyl (C=O) groups excluding carboxylic acids is 1. The van der Waals surface area contributed by atoms with E-state index in [1.165, 1.54) is 0 Å². The van der Waals surface area contributed by atoms with Gasteiger partial charge in [0.2, 0.25) is 0 Å². The average Bonchev–Trinajstić information content (AvgIpc) is 2.32. The Morgan fingerprint density at radius 1 is 1.29 bits per heavy atom. The van der Waals surface area contributed by atoms with Crippen molar-refractivity contribution in [3.8, 4) is 0 Å². The summed E-state index contributed by atoms with van der Waals surface area (Å²) in [5, 5.41) is 2.79. The molecule has 4 heteroatoms. The zero-order valence-corrected chi connectivity index (χ0v) is 10.9. The molecule has 1 amide bonds. The van der Waals surface area contributed by atoms with Crippen LogP contribution in [0.3, 0.4) is 0 Å². The lowest BCUT2D eigenvalue weighted by atomic mass is 10.1. The Morgan fingerprint density at radius 3 is 2.76 bits per heavy atom. The van der Waals surface area contributed by atoms with E-state index >= 15 is 0 Å². The van der Waals surface area contributed by atoms with Crippen molar-refractivity contribution in [2.24, 2.45) is 0 Å². The third-order valence-electron chi connectivity index (χ3n) is 2.27. The number of hydrogen-bond donors (Lipinski definition) is 1. The molecule has 17 heavy (non-hydrogen) atoms. The average molecular weight is 291 g/mol. The van der Waals surface area contributed by atoms with E-state index < -0.39 is 0 Å². The number of nitrogens with one attached hydrogen (secondary N) is 1. The highest BCUT2D eigenvalue weighted by atomic mass is 79.9. The van der Waals surface area contributed by atoms with E-state index in [1.807, 2.05) is 25.1 Å². The van der Waals surface area contributed by atoms with Gasteiger partial charge < -0.3 is 5.32 Å². The molecule has 1 N–H and O–H groups in total. The topological polar surface area (TPSA) is 42.0 Å². The molecule has 0 aliphatic heterocycles. The molecule has 0 radical (unpaired) electrons. The molecule has 0 bridgehead atoms. The fourth-order valence-electron chi connectivity index (χ4n) is 1.44. The summed E-state index contributed by atoms with van der Waals surface area (Å²) in [5.41, 5.74) is 2.39. The molecule has 1 aromatic carbocycles. The minimum Gasteiger partial charge on any atom is -0.321 e. The lowest BCUT2D eigenvalue weighted by Crippen LogP contribution is -2.12. The molecule has 86 valence electrons. The number of anilines is 1. The van der Waals surface area contributed by atoms with Crippen molar-refractivity contribution in [1.29, 1.82) is 0 Å². The molecule has 0 atom stereocenters. The van der Waals surface area contributed by atoms with Gasteiger partial charge >= 0.3 is 0 Å². The maximum absolute atomic E-state index is 11.9. The third kappa shape index (κ3) is 3.14. The fraction of sp³-hybridized carbons (Fsp3) is 0.0769. The standard InChI is InChI=1S/C13H11BrN2O/c1-9-3-2-4-10(7-9)13(17)16-11-5-6-12(14)15-8-11/h2-8H,1H3,(H,16,17). The van der Waals surface area contributed by atoms with E-state index in [0.29, 0.717) is 11.3 Å². The van der Waals surface area contributed by atoms with Crippen molar-refractivity contribution < 1.29 is 4.79 Å². The molecule has 2 aromatic rings. The Morgan fingerprint density at radius 2 is 2.12 bits per heavy atom. The van der Waals surface area contributed by atoms with E-state index in [1.54, 1.807) is 24.4 Å². The second-order valence-electron chi connectivity index (χ2n) is 3.69. The molecule has 0 spiro atoms. The maximum Gasteiger partial charge on any atom is 0.255 e. The summed E-state index contributed by atoms with van der Waals surface area (Å²) >= 11 is 3.24. The molecule has 0 fully saturated rings. The molecular weight excluding hydrogens is 280 g/mol. The summed E-state index contributed by atoms with van der Waals surface area (Å²) in [7, 11) is 0. The lowest BCUT2D eigenvalue weighted by Gasteiger charge is -2.05. The Kier molecular flexibility index (Phi) is 3.54. The van der Waals surface area contributed by atoms with Crippen LogP contribution in [0.25, 0.3) is 0 Å². The molecule has 3 nitrogen and oxygen atoms in total. The maximum atomic E-state index is 11.9. The third-order valence-corrected chi connectivity index (χ3v) is 2.73. The summed E-state index contributed by atoms with van der Waals surface area (Å²) in [4.78, 5) is 15.9. The molecule has 1 heterocycles. The highest BCUT2D eigenvalue weighted by Crippen LogP contribution is 2.12. The zero-order valence-electron chi connectivity index (χ0n) is 9.27. The number of amides is 1. The lowest BCUT2D eigenvalue weighted by molar-refractivity contribution is 0.102. The molecule has 0 saturated heterocycles. The summed E-state index contributed by atoms with van der Waals surface area (Å²) in [6, 6.07) is 11.0. The predicted octanol–water partition coefficient (Wildman–Crippen LogP) is 3.40. The number of pyridine rings is 1. The van der Waals surface area contributed by atoms with Crippen LogP contribution in [0.2, 0.25) is 0 Å². The number of halogens is 1.